The molecule has 0 unspecified atom stereocenters. The molecule has 0 bridgehead atoms. The van der Waals surface area contributed by atoms with Crippen LogP contribution >= 0.6 is 0 Å². The van der Waals surface area contributed by atoms with Crippen LogP contribution in [-0.2, 0) is 5.41 Å². The Hall–Kier alpha value is -2.56. The number of hydrogen-bond donors (Lipinski definition) is 2. The van der Waals surface area contributed by atoms with Crippen LogP contribution in [0.5, 0.6) is 0 Å². The minimum atomic E-state index is -0.353. The predicted molar refractivity (Wildman–Crippen MR) is 82.3 cm³/mol. The van der Waals surface area contributed by atoms with Gasteiger partial charge < -0.3 is 14.7 Å². The SMILES string of the molecule is CC(C)(CNC(=O)c1ccco1)c1c[nH]c2ccc(F)cc12. The van der Waals surface area contributed by atoms with Crippen molar-refractivity contribution in [3.63, 3.8) is 0 Å². The Morgan fingerprint density at radius 1 is 1.36 bits per heavy atom. The molecular formula is C17H17FN2O2. The van der Waals surface area contributed by atoms with E-state index in [1.54, 1.807) is 18.2 Å². The third-order valence-electron chi connectivity index (χ3n) is 3.81. The van der Waals surface area contributed by atoms with Crippen LogP contribution in [0.25, 0.3) is 10.9 Å². The van der Waals surface area contributed by atoms with Gasteiger partial charge in [-0.05, 0) is 35.9 Å². The number of hydrogen-bond acceptors (Lipinski definition) is 2. The molecule has 0 atom stereocenters. The van der Waals surface area contributed by atoms with Crippen LogP contribution in [0.15, 0.2) is 47.2 Å². The fourth-order valence-corrected chi connectivity index (χ4v) is 2.54. The Kier molecular flexibility index (Phi) is 3.48. The smallest absolute Gasteiger partial charge is 0.287 e. The van der Waals surface area contributed by atoms with Gasteiger partial charge >= 0.3 is 0 Å². The molecule has 114 valence electrons. The molecular weight excluding hydrogens is 283 g/mol. The van der Waals surface area contributed by atoms with Gasteiger partial charge in [0.1, 0.15) is 5.82 Å². The summed E-state index contributed by atoms with van der Waals surface area (Å²) in [7, 11) is 0. The van der Waals surface area contributed by atoms with Crippen LogP contribution in [0.3, 0.4) is 0 Å². The molecule has 0 aliphatic rings. The van der Waals surface area contributed by atoms with E-state index >= 15 is 0 Å². The van der Waals surface area contributed by atoms with Gasteiger partial charge in [-0.15, -0.1) is 0 Å². The first-order valence-corrected chi connectivity index (χ1v) is 7.06. The second-order valence-electron chi connectivity index (χ2n) is 5.94. The second-order valence-corrected chi connectivity index (χ2v) is 5.94. The normalized spacial score (nSPS) is 11.8. The lowest BCUT2D eigenvalue weighted by atomic mass is 9.84. The van der Waals surface area contributed by atoms with Crippen LogP contribution in [0, 0.1) is 5.82 Å². The van der Waals surface area contributed by atoms with Gasteiger partial charge in [0.2, 0.25) is 0 Å². The maximum Gasteiger partial charge on any atom is 0.287 e. The van der Waals surface area contributed by atoms with Gasteiger partial charge in [-0.3, -0.25) is 4.79 Å². The van der Waals surface area contributed by atoms with Crippen molar-refractivity contribution in [1.82, 2.24) is 10.3 Å². The van der Waals surface area contributed by atoms with E-state index in [0.29, 0.717) is 6.54 Å². The number of H-pyrrole nitrogens is 1. The van der Waals surface area contributed by atoms with E-state index < -0.39 is 0 Å². The number of amides is 1. The number of benzene rings is 1. The zero-order valence-electron chi connectivity index (χ0n) is 12.4. The molecule has 4 nitrogen and oxygen atoms in total. The number of rotatable bonds is 4. The third kappa shape index (κ3) is 2.62. The molecule has 1 aromatic carbocycles. The number of aromatic amines is 1. The van der Waals surface area contributed by atoms with Gasteiger partial charge in [0.15, 0.2) is 5.76 Å². The van der Waals surface area contributed by atoms with E-state index in [-0.39, 0.29) is 22.9 Å². The van der Waals surface area contributed by atoms with E-state index in [9.17, 15) is 9.18 Å². The minimum Gasteiger partial charge on any atom is -0.459 e. The molecule has 0 saturated carbocycles. The fraction of sp³-hybridized carbons (Fsp3) is 0.235. The Bertz CT molecular complexity index is 803. The number of furan rings is 1. The summed E-state index contributed by atoms with van der Waals surface area (Å²) in [5.41, 5.74) is 1.48. The fourth-order valence-electron chi connectivity index (χ4n) is 2.54. The predicted octanol–water partition coefficient (Wildman–Crippen LogP) is 3.61. The lowest BCUT2D eigenvalue weighted by Gasteiger charge is -2.24. The summed E-state index contributed by atoms with van der Waals surface area (Å²) >= 11 is 0. The first-order chi connectivity index (χ1) is 10.5. The van der Waals surface area contributed by atoms with Crippen LogP contribution in [0.4, 0.5) is 4.39 Å². The monoisotopic (exact) mass is 300 g/mol. The number of aromatic nitrogens is 1. The summed E-state index contributed by atoms with van der Waals surface area (Å²) in [5.74, 6) is -0.256. The van der Waals surface area contributed by atoms with Gasteiger partial charge in [0, 0.05) is 29.1 Å². The van der Waals surface area contributed by atoms with Gasteiger partial charge in [-0.1, -0.05) is 13.8 Å². The molecule has 2 N–H and O–H groups in total. The highest BCUT2D eigenvalue weighted by Crippen LogP contribution is 2.30. The summed E-state index contributed by atoms with van der Waals surface area (Å²) in [4.78, 5) is 15.1. The van der Waals surface area contributed by atoms with Gasteiger partial charge in [0.05, 0.1) is 6.26 Å². The average Bonchev–Trinajstić information content (AvgIpc) is 3.13. The maximum atomic E-state index is 13.5. The topological polar surface area (TPSA) is 58.0 Å². The largest absolute Gasteiger partial charge is 0.459 e. The lowest BCUT2D eigenvalue weighted by Crippen LogP contribution is -2.36. The maximum absolute atomic E-state index is 13.5. The van der Waals surface area contributed by atoms with Crippen molar-refractivity contribution < 1.29 is 13.6 Å². The Labute approximate surface area is 127 Å². The summed E-state index contributed by atoms with van der Waals surface area (Å²) in [6, 6.07) is 7.93. The molecule has 2 heterocycles. The van der Waals surface area contributed by atoms with Crippen molar-refractivity contribution in [2.24, 2.45) is 0 Å². The van der Waals surface area contributed by atoms with Crippen molar-refractivity contribution in [1.29, 1.82) is 0 Å². The molecule has 22 heavy (non-hydrogen) atoms. The van der Waals surface area contributed by atoms with Crippen molar-refractivity contribution >= 4 is 16.8 Å². The Balaban J connectivity index is 1.82. The number of halogens is 1. The van der Waals surface area contributed by atoms with E-state index in [1.165, 1.54) is 18.4 Å². The highest BCUT2D eigenvalue weighted by Gasteiger charge is 2.25. The van der Waals surface area contributed by atoms with E-state index in [2.05, 4.69) is 10.3 Å². The van der Waals surface area contributed by atoms with Crippen LogP contribution in [0.1, 0.15) is 30.0 Å². The van der Waals surface area contributed by atoms with Crippen molar-refractivity contribution in [2.45, 2.75) is 19.3 Å². The Morgan fingerprint density at radius 2 is 2.18 bits per heavy atom. The van der Waals surface area contributed by atoms with E-state index in [0.717, 1.165) is 16.5 Å². The van der Waals surface area contributed by atoms with Gasteiger partial charge in [-0.25, -0.2) is 4.39 Å². The standard InChI is InChI=1S/C17H17FN2O2/c1-17(2,10-20-16(21)15-4-3-7-22-15)13-9-19-14-6-5-11(18)8-12(13)14/h3-9,19H,10H2,1-2H3,(H,20,21). The van der Waals surface area contributed by atoms with Crippen LogP contribution in [0.2, 0.25) is 0 Å². The van der Waals surface area contributed by atoms with Gasteiger partial charge in [0.25, 0.3) is 5.91 Å². The zero-order chi connectivity index (χ0) is 15.7. The summed E-state index contributed by atoms with van der Waals surface area (Å²) in [6.07, 6.45) is 3.33. The summed E-state index contributed by atoms with van der Waals surface area (Å²) in [5, 5.41) is 3.68. The Morgan fingerprint density at radius 3 is 2.91 bits per heavy atom. The molecule has 0 aliphatic carbocycles. The van der Waals surface area contributed by atoms with Crippen molar-refractivity contribution in [3.05, 3.63) is 59.9 Å². The molecule has 5 heteroatoms. The highest BCUT2D eigenvalue weighted by atomic mass is 19.1. The molecule has 0 fully saturated rings. The molecule has 3 rings (SSSR count). The molecule has 2 aromatic heterocycles. The van der Waals surface area contributed by atoms with Crippen LogP contribution < -0.4 is 5.32 Å². The summed E-state index contributed by atoms with van der Waals surface area (Å²) in [6.45, 7) is 4.42. The zero-order valence-corrected chi connectivity index (χ0v) is 12.4. The number of carbonyl (C=O) groups excluding carboxylic acids is 1. The highest BCUT2D eigenvalue weighted by molar-refractivity contribution is 5.91. The van der Waals surface area contributed by atoms with E-state index in [1.807, 2.05) is 20.0 Å². The first kappa shape index (κ1) is 14.4. The van der Waals surface area contributed by atoms with Crippen molar-refractivity contribution in [3.8, 4) is 0 Å². The third-order valence-corrected chi connectivity index (χ3v) is 3.81. The van der Waals surface area contributed by atoms with Gasteiger partial charge in [-0.2, -0.15) is 0 Å². The summed E-state index contributed by atoms with van der Waals surface area (Å²) < 4.78 is 18.6. The lowest BCUT2D eigenvalue weighted by molar-refractivity contribution is 0.0918. The average molecular weight is 300 g/mol. The van der Waals surface area contributed by atoms with Crippen LogP contribution in [-0.4, -0.2) is 17.4 Å². The minimum absolute atomic E-state index is 0.260. The molecule has 0 spiro atoms. The quantitative estimate of drug-likeness (QED) is 0.773. The number of fused-ring (bicyclic) bond motifs is 1. The van der Waals surface area contributed by atoms with Crippen molar-refractivity contribution in [2.75, 3.05) is 6.54 Å². The van der Waals surface area contributed by atoms with E-state index in [4.69, 9.17) is 4.42 Å². The molecule has 3 aromatic rings. The molecule has 0 saturated heterocycles. The molecule has 0 aliphatic heterocycles. The molecule has 1 amide bonds. The molecule has 0 radical (unpaired) electrons. The first-order valence-electron chi connectivity index (χ1n) is 7.06. The number of nitrogens with one attached hydrogen (secondary N) is 2. The number of carbonyl (C=O) groups is 1. The second kappa shape index (κ2) is 5.33.